The van der Waals surface area contributed by atoms with Crippen molar-refractivity contribution in [2.24, 2.45) is 0 Å². The van der Waals surface area contributed by atoms with Crippen LogP contribution < -0.4 is 0 Å². The molecule has 136 valence electrons. The fraction of sp³-hybridized carbons (Fsp3) is 0.250. The fourth-order valence-electron chi connectivity index (χ4n) is 2.50. The van der Waals surface area contributed by atoms with Crippen molar-refractivity contribution in [3.8, 4) is 0 Å². The van der Waals surface area contributed by atoms with Crippen molar-refractivity contribution in [1.82, 2.24) is 4.90 Å². The van der Waals surface area contributed by atoms with Gasteiger partial charge in [-0.05, 0) is 35.2 Å². The number of hydrogen-bond acceptors (Lipinski definition) is 4. The number of hydrogen-bond donors (Lipinski definition) is 0. The van der Waals surface area contributed by atoms with Gasteiger partial charge in [0.2, 0.25) is 11.7 Å². The largest absolute Gasteiger partial charge is 0.463 e. The van der Waals surface area contributed by atoms with Gasteiger partial charge in [0.1, 0.15) is 5.82 Å². The quantitative estimate of drug-likeness (QED) is 0.434. The standard InChI is InChI=1S/C20H20FNO4/c1-22(19(24)12-18(23)20(25)26-2)13-16-5-3-4-15(11-16)10-14-6-8-17(21)9-7-14/h3-9,11H,10,12-13H2,1-2H3. The Morgan fingerprint density at radius 1 is 1.00 bits per heavy atom. The first kappa shape index (κ1) is 19.3. The van der Waals surface area contributed by atoms with Crippen LogP contribution in [0.3, 0.4) is 0 Å². The first-order valence-corrected chi connectivity index (χ1v) is 8.06. The molecule has 0 aliphatic heterocycles. The molecule has 2 aromatic carbocycles. The van der Waals surface area contributed by atoms with Crippen molar-refractivity contribution in [1.29, 1.82) is 0 Å². The van der Waals surface area contributed by atoms with Crippen LogP contribution in [-0.2, 0) is 32.1 Å². The lowest BCUT2D eigenvalue weighted by Crippen LogP contribution is -2.30. The number of carbonyl (C=O) groups is 3. The summed E-state index contributed by atoms with van der Waals surface area (Å²) in [5.41, 5.74) is 2.91. The predicted molar refractivity (Wildman–Crippen MR) is 93.8 cm³/mol. The Balaban J connectivity index is 1.98. The maximum Gasteiger partial charge on any atom is 0.374 e. The second kappa shape index (κ2) is 8.89. The van der Waals surface area contributed by atoms with Gasteiger partial charge >= 0.3 is 5.97 Å². The molecule has 6 heteroatoms. The van der Waals surface area contributed by atoms with Gasteiger partial charge in [-0.25, -0.2) is 9.18 Å². The second-order valence-electron chi connectivity index (χ2n) is 5.96. The molecule has 0 atom stereocenters. The van der Waals surface area contributed by atoms with Gasteiger partial charge in [0, 0.05) is 13.6 Å². The number of Topliss-reactive ketones (excluding diaryl/α,β-unsaturated/α-hetero) is 1. The summed E-state index contributed by atoms with van der Waals surface area (Å²) >= 11 is 0. The number of methoxy groups -OCH3 is 1. The summed E-state index contributed by atoms with van der Waals surface area (Å²) < 4.78 is 17.3. The highest BCUT2D eigenvalue weighted by atomic mass is 19.1. The minimum absolute atomic E-state index is 0.274. The number of nitrogens with zero attached hydrogens (tertiary/aromatic N) is 1. The molecule has 0 bridgehead atoms. The average Bonchev–Trinajstić information content (AvgIpc) is 2.63. The van der Waals surface area contributed by atoms with Crippen molar-refractivity contribution >= 4 is 17.7 Å². The smallest absolute Gasteiger partial charge is 0.374 e. The third kappa shape index (κ3) is 5.51. The van der Waals surface area contributed by atoms with Crippen LogP contribution in [0.4, 0.5) is 4.39 Å². The molecule has 0 saturated carbocycles. The lowest BCUT2D eigenvalue weighted by Gasteiger charge is -2.17. The van der Waals surface area contributed by atoms with Crippen molar-refractivity contribution in [2.45, 2.75) is 19.4 Å². The lowest BCUT2D eigenvalue weighted by molar-refractivity contribution is -0.153. The molecular formula is C20H20FNO4. The van der Waals surface area contributed by atoms with Gasteiger partial charge in [0.15, 0.2) is 0 Å². The maximum atomic E-state index is 13.0. The molecule has 0 aliphatic carbocycles. The maximum absolute atomic E-state index is 13.0. The van der Waals surface area contributed by atoms with Gasteiger partial charge in [-0.2, -0.15) is 0 Å². The zero-order chi connectivity index (χ0) is 19.1. The van der Waals surface area contributed by atoms with Gasteiger partial charge in [-0.3, -0.25) is 9.59 Å². The predicted octanol–water partition coefficient (Wildman–Crippen LogP) is 2.51. The number of rotatable bonds is 7. The van der Waals surface area contributed by atoms with Gasteiger partial charge in [0.05, 0.1) is 13.5 Å². The number of benzene rings is 2. The van der Waals surface area contributed by atoms with E-state index in [1.807, 2.05) is 24.3 Å². The first-order chi connectivity index (χ1) is 12.4. The summed E-state index contributed by atoms with van der Waals surface area (Å²) in [4.78, 5) is 36.0. The molecule has 0 aromatic heterocycles. The van der Waals surface area contributed by atoms with Crippen LogP contribution in [0.25, 0.3) is 0 Å². The number of esters is 1. The van der Waals surface area contributed by atoms with E-state index in [2.05, 4.69) is 4.74 Å². The molecule has 0 unspecified atom stereocenters. The van der Waals surface area contributed by atoms with Crippen LogP contribution in [0.15, 0.2) is 48.5 Å². The van der Waals surface area contributed by atoms with Crippen molar-refractivity contribution in [3.05, 3.63) is 71.0 Å². The third-order valence-corrected chi connectivity index (χ3v) is 3.88. The van der Waals surface area contributed by atoms with E-state index in [0.29, 0.717) is 13.0 Å². The van der Waals surface area contributed by atoms with E-state index >= 15 is 0 Å². The first-order valence-electron chi connectivity index (χ1n) is 8.06. The van der Waals surface area contributed by atoms with Crippen LogP contribution in [0, 0.1) is 5.82 Å². The Bertz CT molecular complexity index is 802. The van der Waals surface area contributed by atoms with E-state index < -0.39 is 24.1 Å². The van der Waals surface area contributed by atoms with Gasteiger partial charge in [-0.1, -0.05) is 36.4 Å². The molecule has 1 amide bonds. The zero-order valence-electron chi connectivity index (χ0n) is 14.7. The molecule has 0 heterocycles. The summed E-state index contributed by atoms with van der Waals surface area (Å²) in [7, 11) is 2.67. The summed E-state index contributed by atoms with van der Waals surface area (Å²) in [5.74, 6) is -2.61. The normalized spacial score (nSPS) is 10.3. The van der Waals surface area contributed by atoms with E-state index in [4.69, 9.17) is 0 Å². The highest BCUT2D eigenvalue weighted by Crippen LogP contribution is 2.14. The lowest BCUT2D eigenvalue weighted by atomic mass is 10.0. The van der Waals surface area contributed by atoms with Crippen molar-refractivity contribution in [3.63, 3.8) is 0 Å². The highest BCUT2D eigenvalue weighted by Gasteiger charge is 2.20. The number of amides is 1. The van der Waals surface area contributed by atoms with Crippen molar-refractivity contribution < 1.29 is 23.5 Å². The molecule has 2 aromatic rings. The SMILES string of the molecule is COC(=O)C(=O)CC(=O)N(C)Cc1cccc(Cc2ccc(F)cc2)c1. The average molecular weight is 357 g/mol. The Labute approximate surface area is 151 Å². The van der Waals surface area contributed by atoms with E-state index in [0.717, 1.165) is 23.8 Å². The van der Waals surface area contributed by atoms with Crippen LogP contribution in [0.2, 0.25) is 0 Å². The van der Waals surface area contributed by atoms with E-state index in [1.165, 1.54) is 17.0 Å². The molecule has 0 spiro atoms. The summed E-state index contributed by atoms with van der Waals surface area (Å²) in [5, 5.41) is 0. The fourth-order valence-corrected chi connectivity index (χ4v) is 2.50. The minimum Gasteiger partial charge on any atom is -0.463 e. The number of halogens is 1. The third-order valence-electron chi connectivity index (χ3n) is 3.88. The van der Waals surface area contributed by atoms with Gasteiger partial charge in [-0.15, -0.1) is 0 Å². The van der Waals surface area contributed by atoms with E-state index in [9.17, 15) is 18.8 Å². The molecule has 0 aliphatic rings. The second-order valence-corrected chi connectivity index (χ2v) is 5.96. The number of ketones is 1. The van der Waals surface area contributed by atoms with Crippen LogP contribution in [0.1, 0.15) is 23.1 Å². The number of ether oxygens (including phenoxy) is 1. The summed E-state index contributed by atoms with van der Waals surface area (Å²) in [6.45, 7) is 0.310. The molecule has 2 rings (SSSR count). The zero-order valence-corrected chi connectivity index (χ0v) is 14.7. The van der Waals surface area contributed by atoms with E-state index in [-0.39, 0.29) is 5.82 Å². The Morgan fingerprint density at radius 3 is 2.31 bits per heavy atom. The molecule has 0 N–H and O–H groups in total. The van der Waals surface area contributed by atoms with E-state index in [1.54, 1.807) is 19.2 Å². The highest BCUT2D eigenvalue weighted by molar-refractivity contribution is 6.36. The molecule has 26 heavy (non-hydrogen) atoms. The molecule has 0 radical (unpaired) electrons. The minimum atomic E-state index is -1.02. The van der Waals surface area contributed by atoms with Gasteiger partial charge < -0.3 is 9.64 Å². The van der Waals surface area contributed by atoms with Gasteiger partial charge in [0.25, 0.3) is 0 Å². The molecule has 5 nitrogen and oxygen atoms in total. The summed E-state index contributed by atoms with van der Waals surface area (Å²) in [6, 6.07) is 14.0. The topological polar surface area (TPSA) is 63.7 Å². The molecule has 0 saturated heterocycles. The Hall–Kier alpha value is -3.02. The number of carbonyl (C=O) groups excluding carboxylic acids is 3. The monoisotopic (exact) mass is 357 g/mol. The summed E-state index contributed by atoms with van der Waals surface area (Å²) in [6.07, 6.45) is 0.130. The molecule has 0 fully saturated rings. The van der Waals surface area contributed by atoms with Crippen LogP contribution in [-0.4, -0.2) is 36.7 Å². The van der Waals surface area contributed by atoms with Crippen LogP contribution in [0.5, 0.6) is 0 Å². The van der Waals surface area contributed by atoms with Crippen molar-refractivity contribution in [2.75, 3.05) is 14.2 Å². The molecular weight excluding hydrogens is 337 g/mol. The van der Waals surface area contributed by atoms with Crippen LogP contribution >= 0.6 is 0 Å². The Morgan fingerprint density at radius 2 is 1.65 bits per heavy atom. The Kier molecular flexibility index (Phi) is 6.60.